The van der Waals surface area contributed by atoms with E-state index < -0.39 is 11.8 Å². The smallest absolute Gasteiger partial charge is 0.224 e. The van der Waals surface area contributed by atoms with Gasteiger partial charge in [0, 0.05) is 12.4 Å². The number of rotatable bonds is 5. The van der Waals surface area contributed by atoms with E-state index in [0.717, 1.165) is 0 Å². The van der Waals surface area contributed by atoms with E-state index in [4.69, 9.17) is 16.3 Å². The van der Waals surface area contributed by atoms with Gasteiger partial charge in [0.15, 0.2) is 0 Å². The first kappa shape index (κ1) is 13.3. The van der Waals surface area contributed by atoms with Gasteiger partial charge in [-0.05, 0) is 0 Å². The zero-order valence-corrected chi connectivity index (χ0v) is 10.5. The minimum absolute atomic E-state index is 0.249. The fraction of sp³-hybridized carbons (Fsp3) is 0.250. The van der Waals surface area contributed by atoms with Gasteiger partial charge >= 0.3 is 0 Å². The molecule has 0 saturated carbocycles. The predicted octanol–water partition coefficient (Wildman–Crippen LogP) is -0.375. The summed E-state index contributed by atoms with van der Waals surface area (Å²) in [5.74, 6) is -1.03. The second-order valence-electron chi connectivity index (χ2n) is 4.23. The van der Waals surface area contributed by atoms with Crippen molar-refractivity contribution in [3.8, 4) is 12.1 Å². The normalized spacial score (nSPS) is 10.2. The second-order valence-corrected chi connectivity index (χ2v) is 4.23. The summed E-state index contributed by atoms with van der Waals surface area (Å²) in [4.78, 5) is 11.5. The molecule has 0 aliphatic carbocycles. The number of carbonyl (C=O) groups excluding carboxylic acids is 1. The van der Waals surface area contributed by atoms with E-state index in [9.17, 15) is 4.79 Å². The van der Waals surface area contributed by atoms with E-state index in [1.54, 1.807) is 12.4 Å². The zero-order chi connectivity index (χ0) is 14.5. The Bertz CT molecular complexity index is 646. The highest BCUT2D eigenvalue weighted by molar-refractivity contribution is 5.76. The molecule has 0 aromatic carbocycles. The number of amides is 1. The maximum atomic E-state index is 11.5. The van der Waals surface area contributed by atoms with Gasteiger partial charge in [0.1, 0.15) is 12.1 Å². The van der Waals surface area contributed by atoms with Crippen molar-refractivity contribution in [3.05, 3.63) is 35.9 Å². The van der Waals surface area contributed by atoms with Crippen molar-refractivity contribution in [1.29, 1.82) is 10.5 Å². The first-order valence-corrected chi connectivity index (χ1v) is 5.77. The second kappa shape index (κ2) is 5.67. The molecule has 0 spiro atoms. The molecule has 8 nitrogen and oxygen atoms in total. The SMILES string of the molecule is N#Cc1cnn(CC(Cn2cc(C#N)cn2)C(N)=O)c1. The molecule has 0 atom stereocenters. The standard InChI is InChI=1S/C12H11N7O/c13-1-9-3-16-18(5-9)7-11(12(15)20)8-19-6-10(2-14)4-17-19/h3-6,11H,7-8H2,(H2,15,20). The number of carbonyl (C=O) groups is 1. The van der Waals surface area contributed by atoms with Crippen LogP contribution in [0.15, 0.2) is 24.8 Å². The number of aromatic nitrogens is 4. The fourth-order valence-electron chi connectivity index (χ4n) is 1.73. The molecule has 0 fully saturated rings. The van der Waals surface area contributed by atoms with Gasteiger partial charge < -0.3 is 5.73 Å². The summed E-state index contributed by atoms with van der Waals surface area (Å²) in [6.07, 6.45) is 5.92. The Morgan fingerprint density at radius 1 is 1.15 bits per heavy atom. The maximum absolute atomic E-state index is 11.5. The Kier molecular flexibility index (Phi) is 3.77. The summed E-state index contributed by atoms with van der Waals surface area (Å²) in [5, 5.41) is 25.4. The van der Waals surface area contributed by atoms with Crippen LogP contribution in [-0.4, -0.2) is 25.5 Å². The van der Waals surface area contributed by atoms with Crippen molar-refractivity contribution >= 4 is 5.91 Å². The molecule has 0 unspecified atom stereocenters. The molecule has 0 radical (unpaired) electrons. The summed E-state index contributed by atoms with van der Waals surface area (Å²) in [7, 11) is 0. The van der Waals surface area contributed by atoms with Crippen molar-refractivity contribution in [3.63, 3.8) is 0 Å². The Morgan fingerprint density at radius 2 is 1.60 bits per heavy atom. The molecule has 1 amide bonds. The molecule has 2 aromatic heterocycles. The van der Waals surface area contributed by atoms with E-state index in [0.29, 0.717) is 11.1 Å². The summed E-state index contributed by atoms with van der Waals surface area (Å²) in [6, 6.07) is 3.91. The number of hydrogen-bond acceptors (Lipinski definition) is 5. The average Bonchev–Trinajstić information content (AvgIpc) is 3.06. The number of nitrogens with two attached hydrogens (primary N) is 1. The summed E-state index contributed by atoms with van der Waals surface area (Å²) < 4.78 is 2.98. The van der Waals surface area contributed by atoms with Gasteiger partial charge in [-0.3, -0.25) is 14.2 Å². The van der Waals surface area contributed by atoms with E-state index >= 15 is 0 Å². The van der Waals surface area contributed by atoms with Crippen LogP contribution in [0.5, 0.6) is 0 Å². The van der Waals surface area contributed by atoms with Crippen molar-refractivity contribution in [2.24, 2.45) is 11.7 Å². The molecule has 0 aliphatic heterocycles. The van der Waals surface area contributed by atoms with Crippen molar-refractivity contribution < 1.29 is 4.79 Å². The van der Waals surface area contributed by atoms with Gasteiger partial charge in [0.25, 0.3) is 0 Å². The lowest BCUT2D eigenvalue weighted by molar-refractivity contribution is -0.122. The third-order valence-corrected chi connectivity index (χ3v) is 2.74. The number of nitrogens with zero attached hydrogens (tertiary/aromatic N) is 6. The fourth-order valence-corrected chi connectivity index (χ4v) is 1.73. The van der Waals surface area contributed by atoms with Crippen LogP contribution in [0.4, 0.5) is 0 Å². The highest BCUT2D eigenvalue weighted by Crippen LogP contribution is 2.07. The lowest BCUT2D eigenvalue weighted by atomic mass is 10.1. The van der Waals surface area contributed by atoms with Crippen LogP contribution < -0.4 is 5.73 Å². The van der Waals surface area contributed by atoms with Crippen molar-refractivity contribution in [2.45, 2.75) is 13.1 Å². The van der Waals surface area contributed by atoms with Crippen molar-refractivity contribution in [2.75, 3.05) is 0 Å². The van der Waals surface area contributed by atoms with Gasteiger partial charge in [-0.25, -0.2) is 0 Å². The summed E-state index contributed by atoms with van der Waals surface area (Å²) in [6.45, 7) is 0.498. The lowest BCUT2D eigenvalue weighted by Crippen LogP contribution is -2.31. The van der Waals surface area contributed by atoms with Crippen molar-refractivity contribution in [1.82, 2.24) is 19.6 Å². The topological polar surface area (TPSA) is 126 Å². The maximum Gasteiger partial charge on any atom is 0.224 e. The molecule has 100 valence electrons. The Balaban J connectivity index is 2.09. The summed E-state index contributed by atoms with van der Waals surface area (Å²) >= 11 is 0. The van der Waals surface area contributed by atoms with Crippen LogP contribution in [0.2, 0.25) is 0 Å². The molecule has 2 rings (SSSR count). The molecule has 20 heavy (non-hydrogen) atoms. The minimum atomic E-state index is -0.534. The Labute approximate surface area is 114 Å². The molecule has 2 N–H and O–H groups in total. The monoisotopic (exact) mass is 269 g/mol. The predicted molar refractivity (Wildman–Crippen MR) is 66.6 cm³/mol. The molecule has 2 aromatic rings. The van der Waals surface area contributed by atoms with Gasteiger partial charge in [0.2, 0.25) is 5.91 Å². The molecule has 0 aliphatic rings. The highest BCUT2D eigenvalue weighted by atomic mass is 16.1. The van der Waals surface area contributed by atoms with Crippen LogP contribution in [0.1, 0.15) is 11.1 Å². The molecule has 0 saturated heterocycles. The van der Waals surface area contributed by atoms with E-state index in [2.05, 4.69) is 10.2 Å². The van der Waals surface area contributed by atoms with Crippen LogP contribution in [0, 0.1) is 28.6 Å². The third-order valence-electron chi connectivity index (χ3n) is 2.74. The lowest BCUT2D eigenvalue weighted by Gasteiger charge is -2.13. The third kappa shape index (κ3) is 3.00. The number of nitriles is 2. The zero-order valence-electron chi connectivity index (χ0n) is 10.5. The largest absolute Gasteiger partial charge is 0.369 e. The molecular weight excluding hydrogens is 258 g/mol. The van der Waals surface area contributed by atoms with E-state index in [1.807, 2.05) is 12.1 Å². The highest BCUT2D eigenvalue weighted by Gasteiger charge is 2.18. The quantitative estimate of drug-likeness (QED) is 0.791. The van der Waals surface area contributed by atoms with Gasteiger partial charge in [-0.1, -0.05) is 0 Å². The van der Waals surface area contributed by atoms with Crippen LogP contribution >= 0.6 is 0 Å². The number of hydrogen-bond donors (Lipinski definition) is 1. The van der Waals surface area contributed by atoms with Gasteiger partial charge in [0.05, 0.1) is 42.5 Å². The van der Waals surface area contributed by atoms with E-state index in [-0.39, 0.29) is 13.1 Å². The van der Waals surface area contributed by atoms with Gasteiger partial charge in [-0.2, -0.15) is 20.7 Å². The average molecular weight is 269 g/mol. The van der Waals surface area contributed by atoms with Gasteiger partial charge in [-0.15, -0.1) is 0 Å². The molecule has 0 bridgehead atoms. The molecule has 8 heteroatoms. The van der Waals surface area contributed by atoms with Crippen LogP contribution in [0.3, 0.4) is 0 Å². The van der Waals surface area contributed by atoms with Crippen LogP contribution in [-0.2, 0) is 17.9 Å². The number of primary amides is 1. The molecular formula is C12H11N7O. The summed E-state index contributed by atoms with van der Waals surface area (Å²) in [5.41, 5.74) is 6.19. The Hall–Kier alpha value is -3.13. The Morgan fingerprint density at radius 3 is 1.90 bits per heavy atom. The van der Waals surface area contributed by atoms with Crippen LogP contribution in [0.25, 0.3) is 0 Å². The minimum Gasteiger partial charge on any atom is -0.369 e. The first-order valence-electron chi connectivity index (χ1n) is 5.77. The van der Waals surface area contributed by atoms with E-state index in [1.165, 1.54) is 21.8 Å². The molecule has 2 heterocycles. The first-order chi connectivity index (χ1) is 9.62.